The van der Waals surface area contributed by atoms with Crippen LogP contribution in [-0.2, 0) is 12.8 Å². The molecule has 1 aromatic rings. The van der Waals surface area contributed by atoms with E-state index in [1.54, 1.807) is 5.31 Å². The fraction of sp³-hybridized carbons (Fsp3) is 0.556. The molecule has 0 spiro atoms. The Morgan fingerprint density at radius 2 is 1.36 bits per heavy atom. The third kappa shape index (κ3) is 4.22. The van der Waals surface area contributed by atoms with E-state index in [0.717, 1.165) is 39.0 Å². The van der Waals surface area contributed by atoms with E-state index in [-0.39, 0.29) is 16.6 Å². The van der Waals surface area contributed by atoms with Gasteiger partial charge in [-0.25, -0.2) is 0 Å². The third-order valence-electron chi connectivity index (χ3n) is 4.30. The Balaban J connectivity index is 0.00000242. The molecule has 4 heteroatoms. The van der Waals surface area contributed by atoms with Crippen LogP contribution in [0, 0.1) is 0 Å². The van der Waals surface area contributed by atoms with Crippen molar-refractivity contribution in [1.82, 2.24) is 9.34 Å². The lowest BCUT2D eigenvalue weighted by molar-refractivity contribution is 0.426. The summed E-state index contributed by atoms with van der Waals surface area (Å²) in [5, 5.41) is 1.65. The van der Waals surface area contributed by atoms with Gasteiger partial charge in [0.2, 0.25) is 0 Å². The van der Waals surface area contributed by atoms with Gasteiger partial charge in [0.05, 0.1) is 8.22 Å². The molecule has 0 aromatic heterocycles. The molecule has 22 heavy (non-hydrogen) atoms. The van der Waals surface area contributed by atoms with Gasteiger partial charge in [0.25, 0.3) is 0 Å². The van der Waals surface area contributed by atoms with Gasteiger partial charge in [-0.1, -0.05) is 58.0 Å². The first-order valence-electron chi connectivity index (χ1n) is 8.30. The standard InChI is InChI=1S/C18H29N2P.B/c1-5-19(6-2)21(20(7-3)8-4)18-14-13-16-11-9-10-12-17(16)15-18;/h9-12,14H,5-8,13,15H2,1-4H3;. The molecule has 2 nitrogen and oxygen atoms in total. The summed E-state index contributed by atoms with van der Waals surface area (Å²) in [6.07, 6.45) is 4.74. The van der Waals surface area contributed by atoms with Gasteiger partial charge in [0.15, 0.2) is 0 Å². The lowest BCUT2D eigenvalue weighted by Gasteiger charge is -2.40. The summed E-state index contributed by atoms with van der Waals surface area (Å²) in [5.41, 5.74) is 3.04. The smallest absolute Gasteiger partial charge is 0.0681 e. The van der Waals surface area contributed by atoms with E-state index >= 15 is 0 Å². The molecular weight excluding hydrogens is 286 g/mol. The van der Waals surface area contributed by atoms with Gasteiger partial charge in [0, 0.05) is 41.0 Å². The van der Waals surface area contributed by atoms with Gasteiger partial charge in [-0.15, -0.1) is 0 Å². The van der Waals surface area contributed by atoms with Crippen molar-refractivity contribution in [2.75, 3.05) is 26.2 Å². The third-order valence-corrected chi connectivity index (χ3v) is 7.36. The summed E-state index contributed by atoms with van der Waals surface area (Å²) in [6, 6.07) is 8.92. The highest BCUT2D eigenvalue weighted by Gasteiger charge is 2.27. The van der Waals surface area contributed by atoms with Gasteiger partial charge >= 0.3 is 0 Å². The van der Waals surface area contributed by atoms with E-state index in [0.29, 0.717) is 0 Å². The van der Waals surface area contributed by atoms with Crippen molar-refractivity contribution in [3.05, 3.63) is 46.8 Å². The number of rotatable bonds is 7. The minimum Gasteiger partial charge on any atom is -0.267 e. The first kappa shape index (κ1) is 19.4. The first-order valence-corrected chi connectivity index (χ1v) is 9.55. The van der Waals surface area contributed by atoms with Crippen LogP contribution >= 0.6 is 8.22 Å². The van der Waals surface area contributed by atoms with Gasteiger partial charge in [-0.2, -0.15) is 0 Å². The van der Waals surface area contributed by atoms with E-state index in [9.17, 15) is 0 Å². The van der Waals surface area contributed by atoms with Crippen LogP contribution in [0.1, 0.15) is 38.8 Å². The van der Waals surface area contributed by atoms with E-state index in [2.05, 4.69) is 67.4 Å². The highest BCUT2D eigenvalue weighted by atomic mass is 31.1. The van der Waals surface area contributed by atoms with Gasteiger partial charge < -0.3 is 0 Å². The molecule has 0 amide bonds. The average Bonchev–Trinajstić information content (AvgIpc) is 2.55. The molecule has 0 aliphatic heterocycles. The maximum atomic E-state index is 2.65. The van der Waals surface area contributed by atoms with Crippen LogP contribution < -0.4 is 0 Å². The second kappa shape index (κ2) is 9.50. The predicted octanol–water partition coefficient (Wildman–Crippen LogP) is 4.28. The van der Waals surface area contributed by atoms with Crippen LogP contribution in [0.4, 0.5) is 0 Å². The molecule has 0 fully saturated rings. The SMILES string of the molecule is CCN(CC)P(C1=CCc2ccccc2C1)N(CC)CC.[B]. The van der Waals surface area contributed by atoms with Crippen molar-refractivity contribution in [1.29, 1.82) is 0 Å². The van der Waals surface area contributed by atoms with Crippen LogP contribution in [0.15, 0.2) is 35.7 Å². The minimum atomic E-state index is -0.303. The number of benzene rings is 1. The molecule has 1 aliphatic carbocycles. The molecule has 1 aromatic carbocycles. The highest BCUT2D eigenvalue weighted by Crippen LogP contribution is 2.53. The first-order chi connectivity index (χ1) is 10.2. The van der Waals surface area contributed by atoms with Crippen molar-refractivity contribution >= 4 is 16.6 Å². The Morgan fingerprint density at radius 1 is 0.864 bits per heavy atom. The summed E-state index contributed by atoms with van der Waals surface area (Å²) in [6.45, 7) is 13.7. The summed E-state index contributed by atoms with van der Waals surface area (Å²) in [4.78, 5) is 0. The summed E-state index contributed by atoms with van der Waals surface area (Å²) in [5.74, 6) is 0. The zero-order valence-electron chi connectivity index (χ0n) is 14.5. The van der Waals surface area contributed by atoms with Crippen LogP contribution in [0.3, 0.4) is 0 Å². The number of fused-ring (bicyclic) bond motifs is 1. The van der Waals surface area contributed by atoms with E-state index < -0.39 is 0 Å². The molecule has 119 valence electrons. The van der Waals surface area contributed by atoms with Gasteiger partial charge in [-0.3, -0.25) is 9.34 Å². The molecule has 0 N–H and O–H groups in total. The summed E-state index contributed by atoms with van der Waals surface area (Å²) in [7, 11) is -0.303. The molecule has 0 unspecified atom stereocenters. The molecule has 0 heterocycles. The molecule has 0 bridgehead atoms. The maximum absolute atomic E-state index is 2.65. The molecule has 3 radical (unpaired) electrons. The fourth-order valence-corrected chi connectivity index (χ4v) is 5.82. The largest absolute Gasteiger partial charge is 0.267 e. The number of hydrogen-bond donors (Lipinski definition) is 0. The Morgan fingerprint density at radius 3 is 1.86 bits per heavy atom. The molecule has 0 saturated heterocycles. The van der Waals surface area contributed by atoms with Gasteiger partial charge in [0.1, 0.15) is 0 Å². The monoisotopic (exact) mass is 315 g/mol. The highest BCUT2D eigenvalue weighted by molar-refractivity contribution is 7.57. The second-order valence-corrected chi connectivity index (χ2v) is 7.70. The van der Waals surface area contributed by atoms with E-state index in [4.69, 9.17) is 0 Å². The number of nitrogens with zero attached hydrogens (tertiary/aromatic N) is 2. The topological polar surface area (TPSA) is 6.48 Å². The minimum absolute atomic E-state index is 0. The van der Waals surface area contributed by atoms with Crippen molar-refractivity contribution in [2.45, 2.75) is 40.5 Å². The summed E-state index contributed by atoms with van der Waals surface area (Å²) < 4.78 is 5.31. The van der Waals surface area contributed by atoms with Crippen LogP contribution in [-0.4, -0.2) is 43.9 Å². The molecule has 1 aliphatic rings. The van der Waals surface area contributed by atoms with Crippen LogP contribution in [0.5, 0.6) is 0 Å². The lowest BCUT2D eigenvalue weighted by Crippen LogP contribution is -2.30. The van der Waals surface area contributed by atoms with E-state index in [1.165, 1.54) is 11.1 Å². The van der Waals surface area contributed by atoms with E-state index in [1.807, 2.05) is 0 Å². The molecular formula is C18H29BN2P. The Labute approximate surface area is 140 Å². The molecule has 0 saturated carbocycles. The zero-order valence-corrected chi connectivity index (χ0v) is 15.4. The average molecular weight is 315 g/mol. The predicted molar refractivity (Wildman–Crippen MR) is 100 cm³/mol. The van der Waals surface area contributed by atoms with Crippen molar-refractivity contribution < 1.29 is 0 Å². The molecule has 0 atom stereocenters. The Kier molecular flexibility index (Phi) is 8.39. The van der Waals surface area contributed by atoms with Crippen molar-refractivity contribution in [3.8, 4) is 0 Å². The quantitative estimate of drug-likeness (QED) is 0.547. The van der Waals surface area contributed by atoms with Crippen LogP contribution in [0.25, 0.3) is 0 Å². The summed E-state index contributed by atoms with van der Waals surface area (Å²) >= 11 is 0. The Bertz CT molecular complexity index is 470. The van der Waals surface area contributed by atoms with Crippen molar-refractivity contribution in [3.63, 3.8) is 0 Å². The second-order valence-electron chi connectivity index (χ2n) is 5.41. The number of allylic oxidation sites excluding steroid dienone is 2. The molecule has 2 rings (SSSR count). The van der Waals surface area contributed by atoms with Crippen molar-refractivity contribution in [2.24, 2.45) is 0 Å². The Hall–Kier alpha value is -0.625. The normalized spacial score (nSPS) is 14.0. The fourth-order valence-electron chi connectivity index (χ4n) is 3.10. The maximum Gasteiger partial charge on any atom is 0.0681 e. The number of hydrogen-bond acceptors (Lipinski definition) is 2. The van der Waals surface area contributed by atoms with Gasteiger partial charge in [-0.05, 0) is 22.9 Å². The zero-order chi connectivity index (χ0) is 15.2. The van der Waals surface area contributed by atoms with Crippen LogP contribution in [0.2, 0.25) is 0 Å². The lowest BCUT2D eigenvalue weighted by atomic mass is 9.97.